The predicted octanol–water partition coefficient (Wildman–Crippen LogP) is 1.05. The summed E-state index contributed by atoms with van der Waals surface area (Å²) in [7, 11) is 1.36. The van der Waals surface area contributed by atoms with Crippen LogP contribution in [0.15, 0.2) is 35.8 Å². The number of methoxy groups -OCH3 is 1. The summed E-state index contributed by atoms with van der Waals surface area (Å²) >= 11 is 5.11. The smallest absolute Gasteiger partial charge is 0.337 e. The molecule has 0 bridgehead atoms. The molecule has 1 aromatic rings. The minimum Gasteiger partial charge on any atom is -0.466 e. The van der Waals surface area contributed by atoms with E-state index in [9.17, 15) is 4.79 Å². The van der Waals surface area contributed by atoms with E-state index >= 15 is 0 Å². The maximum atomic E-state index is 11.8. The van der Waals surface area contributed by atoms with Crippen molar-refractivity contribution in [1.29, 1.82) is 0 Å². The van der Waals surface area contributed by atoms with Crippen LogP contribution in [0.2, 0.25) is 0 Å². The molecule has 0 saturated heterocycles. The molecule has 1 aliphatic rings. The van der Waals surface area contributed by atoms with Crippen LogP contribution in [0.4, 0.5) is 0 Å². The first kappa shape index (κ1) is 12.5. The zero-order valence-electron chi connectivity index (χ0n) is 10.1. The van der Waals surface area contributed by atoms with Gasteiger partial charge in [-0.1, -0.05) is 6.07 Å². The third kappa shape index (κ3) is 2.33. The molecule has 5 nitrogen and oxygen atoms in total. The van der Waals surface area contributed by atoms with E-state index in [1.807, 2.05) is 12.1 Å². The second-order valence-electron chi connectivity index (χ2n) is 3.85. The quantitative estimate of drug-likeness (QED) is 0.614. The number of thiocarbonyl (C=S) groups is 1. The number of aromatic nitrogens is 1. The van der Waals surface area contributed by atoms with Gasteiger partial charge >= 0.3 is 5.97 Å². The molecule has 1 aliphatic heterocycles. The molecule has 2 N–H and O–H groups in total. The standard InChI is InChI=1S/C12H13N3O2S/c1-7-9(11(16)17-2)10(15-12(18)14-7)8-4-3-5-13-6-8/h3-6,10H,1-2H3,(H2,14,15,18)/t10-/m0/s1. The Morgan fingerprint density at radius 2 is 2.33 bits per heavy atom. The van der Waals surface area contributed by atoms with Crippen LogP contribution in [0.25, 0.3) is 0 Å². The Kier molecular flexibility index (Phi) is 3.57. The third-order valence-corrected chi connectivity index (χ3v) is 2.91. The van der Waals surface area contributed by atoms with Gasteiger partial charge in [0.1, 0.15) is 0 Å². The lowest BCUT2D eigenvalue weighted by atomic mass is 9.97. The van der Waals surface area contributed by atoms with Crippen molar-refractivity contribution in [2.24, 2.45) is 0 Å². The van der Waals surface area contributed by atoms with Gasteiger partial charge in [-0.05, 0) is 30.8 Å². The average molecular weight is 263 g/mol. The number of hydrogen-bond donors (Lipinski definition) is 2. The number of nitrogens with zero attached hydrogens (tertiary/aromatic N) is 1. The van der Waals surface area contributed by atoms with Gasteiger partial charge in [0, 0.05) is 18.1 Å². The molecule has 1 atom stereocenters. The van der Waals surface area contributed by atoms with Gasteiger partial charge in [-0.25, -0.2) is 4.79 Å². The molecule has 2 heterocycles. The van der Waals surface area contributed by atoms with Gasteiger partial charge < -0.3 is 15.4 Å². The highest BCUT2D eigenvalue weighted by Crippen LogP contribution is 2.26. The molecule has 18 heavy (non-hydrogen) atoms. The van der Waals surface area contributed by atoms with Gasteiger partial charge in [-0.2, -0.15) is 0 Å². The van der Waals surface area contributed by atoms with Crippen LogP contribution >= 0.6 is 12.2 Å². The lowest BCUT2D eigenvalue weighted by molar-refractivity contribution is -0.136. The van der Waals surface area contributed by atoms with Crippen molar-refractivity contribution in [2.75, 3.05) is 7.11 Å². The Balaban J connectivity index is 2.46. The second-order valence-corrected chi connectivity index (χ2v) is 4.26. The monoisotopic (exact) mass is 263 g/mol. The maximum Gasteiger partial charge on any atom is 0.337 e. The Morgan fingerprint density at radius 1 is 1.56 bits per heavy atom. The van der Waals surface area contributed by atoms with Crippen LogP contribution in [-0.2, 0) is 9.53 Å². The van der Waals surface area contributed by atoms with Gasteiger partial charge in [0.15, 0.2) is 5.11 Å². The Hall–Kier alpha value is -1.95. The van der Waals surface area contributed by atoms with Crippen molar-refractivity contribution in [1.82, 2.24) is 15.6 Å². The van der Waals surface area contributed by atoms with E-state index in [0.717, 1.165) is 5.56 Å². The number of hydrogen-bond acceptors (Lipinski definition) is 4. The van der Waals surface area contributed by atoms with E-state index in [1.165, 1.54) is 7.11 Å². The summed E-state index contributed by atoms with van der Waals surface area (Å²) < 4.78 is 4.81. The fraction of sp³-hybridized carbons (Fsp3) is 0.250. The first-order valence-corrected chi connectivity index (χ1v) is 5.81. The second kappa shape index (κ2) is 5.14. The van der Waals surface area contributed by atoms with Crippen molar-refractivity contribution in [3.63, 3.8) is 0 Å². The highest BCUT2D eigenvalue weighted by Gasteiger charge is 2.30. The van der Waals surface area contributed by atoms with E-state index < -0.39 is 0 Å². The fourth-order valence-corrected chi connectivity index (χ4v) is 2.14. The van der Waals surface area contributed by atoms with Crippen molar-refractivity contribution in [3.8, 4) is 0 Å². The van der Waals surface area contributed by atoms with E-state index in [1.54, 1.807) is 19.3 Å². The summed E-state index contributed by atoms with van der Waals surface area (Å²) in [6.45, 7) is 1.79. The van der Waals surface area contributed by atoms with Crippen LogP contribution in [0, 0.1) is 0 Å². The van der Waals surface area contributed by atoms with E-state index in [-0.39, 0.29) is 12.0 Å². The van der Waals surface area contributed by atoms with Crippen molar-refractivity contribution in [2.45, 2.75) is 13.0 Å². The third-order valence-electron chi connectivity index (χ3n) is 2.69. The van der Waals surface area contributed by atoms with Crippen LogP contribution < -0.4 is 10.6 Å². The minimum absolute atomic E-state index is 0.333. The van der Waals surface area contributed by atoms with Gasteiger partial charge in [-0.3, -0.25) is 4.98 Å². The first-order chi connectivity index (χ1) is 8.63. The fourth-order valence-electron chi connectivity index (χ4n) is 1.87. The first-order valence-electron chi connectivity index (χ1n) is 5.40. The molecule has 0 unspecified atom stereocenters. The Bertz CT molecular complexity index is 513. The largest absolute Gasteiger partial charge is 0.466 e. The van der Waals surface area contributed by atoms with Gasteiger partial charge in [-0.15, -0.1) is 0 Å². The molecule has 2 rings (SSSR count). The zero-order chi connectivity index (χ0) is 13.1. The zero-order valence-corrected chi connectivity index (χ0v) is 10.9. The average Bonchev–Trinajstić information content (AvgIpc) is 2.38. The molecule has 0 spiro atoms. The predicted molar refractivity (Wildman–Crippen MR) is 70.6 cm³/mol. The molecule has 0 amide bonds. The Labute approximate surface area is 110 Å². The maximum absolute atomic E-state index is 11.8. The summed E-state index contributed by atoms with van der Waals surface area (Å²) in [6.07, 6.45) is 3.37. The minimum atomic E-state index is -0.385. The molecule has 0 saturated carbocycles. The molecule has 0 aliphatic carbocycles. The van der Waals surface area contributed by atoms with E-state index in [2.05, 4.69) is 15.6 Å². The summed E-state index contributed by atoms with van der Waals surface area (Å²) in [4.78, 5) is 15.9. The van der Waals surface area contributed by atoms with Crippen molar-refractivity contribution >= 4 is 23.3 Å². The number of carbonyl (C=O) groups excluding carboxylic acids is 1. The lowest BCUT2D eigenvalue weighted by Crippen LogP contribution is -2.45. The molecular weight excluding hydrogens is 250 g/mol. The summed E-state index contributed by atoms with van der Waals surface area (Å²) in [5.41, 5.74) is 2.07. The van der Waals surface area contributed by atoms with E-state index in [4.69, 9.17) is 17.0 Å². The molecule has 0 radical (unpaired) electrons. The number of pyridine rings is 1. The lowest BCUT2D eigenvalue weighted by Gasteiger charge is -2.29. The number of rotatable bonds is 2. The summed E-state index contributed by atoms with van der Waals surface area (Å²) in [6, 6.07) is 3.36. The topological polar surface area (TPSA) is 63.2 Å². The molecule has 0 aromatic carbocycles. The molecule has 1 aromatic heterocycles. The molecule has 94 valence electrons. The van der Waals surface area contributed by atoms with Gasteiger partial charge in [0.2, 0.25) is 0 Å². The number of ether oxygens (including phenoxy) is 1. The van der Waals surface area contributed by atoms with Crippen LogP contribution in [-0.4, -0.2) is 23.2 Å². The molecular formula is C12H13N3O2S. The SMILES string of the molecule is COC(=O)C1=C(C)NC(=S)N[C@H]1c1cccnc1. The van der Waals surface area contributed by atoms with E-state index in [0.29, 0.717) is 16.4 Å². The van der Waals surface area contributed by atoms with Crippen molar-refractivity contribution in [3.05, 3.63) is 41.4 Å². The molecule has 6 heteroatoms. The summed E-state index contributed by atoms with van der Waals surface area (Å²) in [5, 5.41) is 6.45. The van der Waals surface area contributed by atoms with Crippen LogP contribution in [0.3, 0.4) is 0 Å². The normalized spacial score (nSPS) is 19.0. The Morgan fingerprint density at radius 3 is 2.94 bits per heavy atom. The summed E-state index contributed by atoms with van der Waals surface area (Å²) in [5.74, 6) is -0.385. The van der Waals surface area contributed by atoms with Crippen molar-refractivity contribution < 1.29 is 9.53 Å². The van der Waals surface area contributed by atoms with Crippen LogP contribution in [0.5, 0.6) is 0 Å². The number of nitrogens with one attached hydrogen (secondary N) is 2. The van der Waals surface area contributed by atoms with Gasteiger partial charge in [0.05, 0.1) is 18.7 Å². The molecule has 0 fully saturated rings. The highest BCUT2D eigenvalue weighted by molar-refractivity contribution is 7.80. The van der Waals surface area contributed by atoms with Gasteiger partial charge in [0.25, 0.3) is 0 Å². The highest BCUT2D eigenvalue weighted by atomic mass is 32.1. The van der Waals surface area contributed by atoms with Crippen LogP contribution in [0.1, 0.15) is 18.5 Å². The number of allylic oxidation sites excluding steroid dienone is 1. The number of carbonyl (C=O) groups is 1. The number of esters is 1.